The Labute approximate surface area is 81.1 Å². The Balaban J connectivity index is 2.84. The van der Waals surface area contributed by atoms with Gasteiger partial charge in [0.25, 0.3) is 6.43 Å². The van der Waals surface area contributed by atoms with E-state index in [4.69, 9.17) is 4.74 Å². The molecule has 0 radical (unpaired) electrons. The minimum Gasteiger partial charge on any atom is -0.481 e. The van der Waals surface area contributed by atoms with Crippen LogP contribution >= 0.6 is 0 Å². The van der Waals surface area contributed by atoms with E-state index in [0.717, 1.165) is 0 Å². The van der Waals surface area contributed by atoms with Crippen LogP contribution in [0.4, 0.5) is 8.78 Å². The second kappa shape index (κ2) is 4.85. The van der Waals surface area contributed by atoms with Gasteiger partial charge in [0.15, 0.2) is 0 Å². The first kappa shape index (κ1) is 10.8. The van der Waals surface area contributed by atoms with E-state index in [1.54, 1.807) is 12.1 Å². The lowest BCUT2D eigenvalue weighted by molar-refractivity contribution is 0.102. The summed E-state index contributed by atoms with van der Waals surface area (Å²) in [6.45, 7) is 0. The van der Waals surface area contributed by atoms with Gasteiger partial charge in [-0.1, -0.05) is 6.07 Å². The van der Waals surface area contributed by atoms with Crippen LogP contribution in [0.3, 0.4) is 0 Å². The third-order valence-corrected chi connectivity index (χ3v) is 1.89. The maximum atomic E-state index is 12.4. The summed E-state index contributed by atoms with van der Waals surface area (Å²) in [7, 11) is 2.96. The van der Waals surface area contributed by atoms with Crippen molar-refractivity contribution >= 4 is 0 Å². The highest BCUT2D eigenvalue weighted by Crippen LogP contribution is 2.20. The molecule has 1 aromatic heterocycles. The fraction of sp³-hybridized carbons (Fsp3) is 0.444. The highest BCUT2D eigenvalue weighted by atomic mass is 19.3. The van der Waals surface area contributed by atoms with Crippen molar-refractivity contribution in [1.29, 1.82) is 0 Å². The summed E-state index contributed by atoms with van der Waals surface area (Å²) in [5.41, 5.74) is 0.448. The Morgan fingerprint density at radius 3 is 2.50 bits per heavy atom. The molecule has 0 aliphatic rings. The number of hydrogen-bond donors (Lipinski definition) is 1. The number of hydrogen-bond acceptors (Lipinski definition) is 3. The maximum Gasteiger partial charge on any atom is 0.257 e. The van der Waals surface area contributed by atoms with Crippen LogP contribution in [0.25, 0.3) is 0 Å². The van der Waals surface area contributed by atoms with Crippen LogP contribution in [0.5, 0.6) is 5.88 Å². The van der Waals surface area contributed by atoms with Crippen LogP contribution in [0, 0.1) is 0 Å². The third kappa shape index (κ3) is 2.38. The Hall–Kier alpha value is -1.23. The van der Waals surface area contributed by atoms with Crippen molar-refractivity contribution < 1.29 is 13.5 Å². The van der Waals surface area contributed by atoms with Crippen molar-refractivity contribution in [3.8, 4) is 5.88 Å². The molecule has 0 saturated carbocycles. The van der Waals surface area contributed by atoms with Crippen molar-refractivity contribution in [2.45, 2.75) is 12.5 Å². The summed E-state index contributed by atoms with van der Waals surface area (Å²) >= 11 is 0. The predicted octanol–water partition coefficient (Wildman–Crippen LogP) is 1.62. The van der Waals surface area contributed by atoms with Gasteiger partial charge in [-0.2, -0.15) is 0 Å². The van der Waals surface area contributed by atoms with Crippen LogP contribution in [-0.2, 0) is 0 Å². The number of pyridine rings is 1. The average molecular weight is 202 g/mol. The zero-order valence-electron chi connectivity index (χ0n) is 8.00. The minimum absolute atomic E-state index is 0.415. The van der Waals surface area contributed by atoms with Crippen molar-refractivity contribution in [1.82, 2.24) is 10.3 Å². The summed E-state index contributed by atoms with van der Waals surface area (Å²) in [6.07, 6.45) is -1.07. The summed E-state index contributed by atoms with van der Waals surface area (Å²) in [5.74, 6) is 0.415. The second-order valence-corrected chi connectivity index (χ2v) is 2.73. The van der Waals surface area contributed by atoms with Gasteiger partial charge in [-0.15, -0.1) is 0 Å². The van der Waals surface area contributed by atoms with Gasteiger partial charge in [-0.3, -0.25) is 0 Å². The van der Waals surface area contributed by atoms with Crippen molar-refractivity contribution in [3.05, 3.63) is 23.9 Å². The SMILES string of the molecule is CNC(c1ccc(OC)nc1)C(F)F. The van der Waals surface area contributed by atoms with E-state index in [1.807, 2.05) is 0 Å². The molecule has 0 saturated heterocycles. The van der Waals surface area contributed by atoms with Gasteiger partial charge in [0.1, 0.15) is 0 Å². The van der Waals surface area contributed by atoms with Crippen LogP contribution < -0.4 is 10.1 Å². The van der Waals surface area contributed by atoms with Gasteiger partial charge in [0.05, 0.1) is 13.2 Å². The van der Waals surface area contributed by atoms with Gasteiger partial charge in [-0.25, -0.2) is 13.8 Å². The quantitative estimate of drug-likeness (QED) is 0.805. The Morgan fingerprint density at radius 2 is 2.14 bits per heavy atom. The van der Waals surface area contributed by atoms with Gasteiger partial charge in [0.2, 0.25) is 5.88 Å². The maximum absolute atomic E-state index is 12.4. The van der Waals surface area contributed by atoms with Crippen molar-refractivity contribution in [3.63, 3.8) is 0 Å². The minimum atomic E-state index is -2.45. The zero-order valence-corrected chi connectivity index (χ0v) is 8.00. The first-order valence-electron chi connectivity index (χ1n) is 4.14. The molecule has 0 aromatic carbocycles. The molecule has 5 heteroatoms. The van der Waals surface area contributed by atoms with Gasteiger partial charge >= 0.3 is 0 Å². The molecule has 0 bridgehead atoms. The Morgan fingerprint density at radius 1 is 1.43 bits per heavy atom. The molecule has 0 fully saturated rings. The fourth-order valence-electron chi connectivity index (χ4n) is 1.13. The molecule has 0 aliphatic heterocycles. The second-order valence-electron chi connectivity index (χ2n) is 2.73. The van der Waals surface area contributed by atoms with Crippen LogP contribution in [-0.4, -0.2) is 25.6 Å². The van der Waals surface area contributed by atoms with Gasteiger partial charge in [0, 0.05) is 12.3 Å². The topological polar surface area (TPSA) is 34.1 Å². The number of aromatic nitrogens is 1. The number of rotatable bonds is 4. The summed E-state index contributed by atoms with van der Waals surface area (Å²) < 4.78 is 29.7. The molecule has 1 rings (SSSR count). The fourth-order valence-corrected chi connectivity index (χ4v) is 1.13. The monoisotopic (exact) mass is 202 g/mol. The first-order chi connectivity index (χ1) is 6.69. The number of alkyl halides is 2. The molecular formula is C9H12F2N2O. The first-order valence-corrected chi connectivity index (χ1v) is 4.14. The lowest BCUT2D eigenvalue weighted by Gasteiger charge is -2.14. The molecule has 78 valence electrons. The Kier molecular flexibility index (Phi) is 3.76. The molecule has 1 aromatic rings. The molecular weight excluding hydrogens is 190 g/mol. The molecule has 3 nitrogen and oxygen atoms in total. The molecule has 1 atom stereocenters. The summed E-state index contributed by atoms with van der Waals surface area (Å²) in [5, 5.41) is 2.52. The predicted molar refractivity (Wildman–Crippen MR) is 48.6 cm³/mol. The zero-order chi connectivity index (χ0) is 10.6. The van der Waals surface area contributed by atoms with Crippen molar-refractivity contribution in [2.24, 2.45) is 0 Å². The van der Waals surface area contributed by atoms with E-state index in [1.165, 1.54) is 20.4 Å². The number of methoxy groups -OCH3 is 1. The van der Waals surface area contributed by atoms with Crippen LogP contribution in [0.15, 0.2) is 18.3 Å². The van der Waals surface area contributed by atoms with E-state index in [0.29, 0.717) is 11.4 Å². The van der Waals surface area contributed by atoms with E-state index in [2.05, 4.69) is 10.3 Å². The molecule has 1 unspecified atom stereocenters. The van der Waals surface area contributed by atoms with E-state index < -0.39 is 12.5 Å². The lowest BCUT2D eigenvalue weighted by atomic mass is 10.1. The molecule has 14 heavy (non-hydrogen) atoms. The standard InChI is InChI=1S/C9H12F2N2O/c1-12-8(9(10)11)6-3-4-7(14-2)13-5-6/h3-5,8-9,12H,1-2H3. The van der Waals surface area contributed by atoms with Gasteiger partial charge < -0.3 is 10.1 Å². The number of halogens is 2. The van der Waals surface area contributed by atoms with Crippen LogP contribution in [0.2, 0.25) is 0 Å². The average Bonchev–Trinajstić information content (AvgIpc) is 2.19. The normalized spacial score (nSPS) is 12.9. The molecule has 0 spiro atoms. The number of nitrogens with zero attached hydrogens (tertiary/aromatic N) is 1. The Bertz CT molecular complexity index is 277. The summed E-state index contributed by atoms with van der Waals surface area (Å²) in [6, 6.07) is 2.15. The van der Waals surface area contributed by atoms with Crippen molar-refractivity contribution in [2.75, 3.05) is 14.2 Å². The van der Waals surface area contributed by atoms with E-state index >= 15 is 0 Å². The summed E-state index contributed by atoms with van der Waals surface area (Å²) in [4.78, 5) is 3.85. The molecule has 0 amide bonds. The third-order valence-electron chi connectivity index (χ3n) is 1.89. The smallest absolute Gasteiger partial charge is 0.257 e. The molecule has 0 aliphatic carbocycles. The van der Waals surface area contributed by atoms with Gasteiger partial charge in [-0.05, 0) is 12.6 Å². The molecule has 1 N–H and O–H groups in total. The van der Waals surface area contributed by atoms with Crippen LogP contribution in [0.1, 0.15) is 11.6 Å². The highest BCUT2D eigenvalue weighted by molar-refractivity contribution is 5.21. The van der Waals surface area contributed by atoms with E-state index in [9.17, 15) is 8.78 Å². The lowest BCUT2D eigenvalue weighted by Crippen LogP contribution is -2.23. The highest BCUT2D eigenvalue weighted by Gasteiger charge is 2.20. The van der Waals surface area contributed by atoms with E-state index in [-0.39, 0.29) is 0 Å². The number of ether oxygens (including phenoxy) is 1. The molecule has 1 heterocycles. The largest absolute Gasteiger partial charge is 0.481 e. The number of nitrogens with one attached hydrogen (secondary N) is 1.